The van der Waals surface area contributed by atoms with Crippen LogP contribution in [0.1, 0.15) is 52.9 Å². The highest BCUT2D eigenvalue weighted by atomic mass is 16.4. The van der Waals surface area contributed by atoms with E-state index in [0.29, 0.717) is 18.8 Å². The van der Waals surface area contributed by atoms with Crippen LogP contribution in [0.25, 0.3) is 0 Å². The molecule has 0 radical (unpaired) electrons. The van der Waals surface area contributed by atoms with Gasteiger partial charge in [0, 0.05) is 12.0 Å². The molecule has 4 heteroatoms. The van der Waals surface area contributed by atoms with Gasteiger partial charge in [0.25, 0.3) is 0 Å². The zero-order valence-corrected chi connectivity index (χ0v) is 11.6. The lowest BCUT2D eigenvalue weighted by atomic mass is 9.90. The van der Waals surface area contributed by atoms with E-state index < -0.39 is 5.97 Å². The fourth-order valence-corrected chi connectivity index (χ4v) is 2.72. The molecule has 0 aromatic rings. The van der Waals surface area contributed by atoms with Gasteiger partial charge in [-0.3, -0.25) is 9.59 Å². The predicted octanol–water partition coefficient (Wildman–Crippen LogP) is 2.43. The average Bonchev–Trinajstić information content (AvgIpc) is 2.73. The topological polar surface area (TPSA) is 66.4 Å². The molecule has 1 saturated carbocycles. The molecule has 2 N–H and O–H groups in total. The minimum atomic E-state index is -0.735. The van der Waals surface area contributed by atoms with Crippen molar-refractivity contribution in [2.45, 2.75) is 58.9 Å². The number of amides is 1. The Morgan fingerprint density at radius 1 is 1.33 bits per heavy atom. The summed E-state index contributed by atoms with van der Waals surface area (Å²) < 4.78 is 0. The highest BCUT2D eigenvalue weighted by molar-refractivity contribution is 5.79. The van der Waals surface area contributed by atoms with Gasteiger partial charge in [-0.25, -0.2) is 0 Å². The molecule has 0 bridgehead atoms. The zero-order valence-electron chi connectivity index (χ0n) is 11.6. The van der Waals surface area contributed by atoms with E-state index in [4.69, 9.17) is 5.11 Å². The number of rotatable bonds is 6. The summed E-state index contributed by atoms with van der Waals surface area (Å²) in [5.74, 6) is -0.525. The molecule has 0 aliphatic heterocycles. The van der Waals surface area contributed by atoms with Crippen LogP contribution in [0.4, 0.5) is 0 Å². The Bertz CT molecular complexity index is 301. The van der Waals surface area contributed by atoms with Gasteiger partial charge in [0.2, 0.25) is 5.91 Å². The summed E-state index contributed by atoms with van der Waals surface area (Å²) in [6.07, 6.45) is 3.95. The summed E-state index contributed by atoms with van der Waals surface area (Å²) in [7, 11) is 0. The summed E-state index contributed by atoms with van der Waals surface area (Å²) in [4.78, 5) is 23.0. The second kappa shape index (κ2) is 6.76. The lowest BCUT2D eigenvalue weighted by Gasteiger charge is -2.22. The molecule has 104 valence electrons. The molecule has 18 heavy (non-hydrogen) atoms. The van der Waals surface area contributed by atoms with E-state index in [1.807, 2.05) is 0 Å². The van der Waals surface area contributed by atoms with Crippen molar-refractivity contribution in [3.05, 3.63) is 0 Å². The van der Waals surface area contributed by atoms with Crippen molar-refractivity contribution in [3.63, 3.8) is 0 Å². The smallest absolute Gasteiger partial charge is 0.306 e. The minimum Gasteiger partial charge on any atom is -0.481 e. The van der Waals surface area contributed by atoms with Gasteiger partial charge >= 0.3 is 5.97 Å². The van der Waals surface area contributed by atoms with Gasteiger partial charge in [0.1, 0.15) is 0 Å². The highest BCUT2D eigenvalue weighted by Crippen LogP contribution is 2.26. The van der Waals surface area contributed by atoms with Gasteiger partial charge in [-0.15, -0.1) is 0 Å². The van der Waals surface area contributed by atoms with Gasteiger partial charge < -0.3 is 10.4 Å². The average molecular weight is 255 g/mol. The second-order valence-corrected chi connectivity index (χ2v) is 5.69. The monoisotopic (exact) mass is 255 g/mol. The van der Waals surface area contributed by atoms with Crippen molar-refractivity contribution in [2.75, 3.05) is 0 Å². The van der Waals surface area contributed by atoms with E-state index in [-0.39, 0.29) is 23.8 Å². The number of hydrogen-bond acceptors (Lipinski definition) is 2. The highest BCUT2D eigenvalue weighted by Gasteiger charge is 2.32. The SMILES string of the molecule is CCCC(C(=O)N[C@@H]1CC[C@H](C(=O)O)C1)C(C)C. The first-order valence-electron chi connectivity index (χ1n) is 6.98. The standard InChI is InChI=1S/C14H25NO3/c1-4-5-12(9(2)3)13(16)15-11-7-6-10(8-11)14(17)18/h9-12H,4-8H2,1-3H3,(H,15,16)(H,17,18)/t10-,11+,12?/m0/s1. The summed E-state index contributed by atoms with van der Waals surface area (Å²) in [6.45, 7) is 6.21. The molecule has 1 rings (SSSR count). The number of carbonyl (C=O) groups is 2. The lowest BCUT2D eigenvalue weighted by molar-refractivity contribution is -0.141. The number of carboxylic acid groups (broad SMARTS) is 1. The van der Waals surface area contributed by atoms with Crippen LogP contribution in [-0.2, 0) is 9.59 Å². The van der Waals surface area contributed by atoms with E-state index in [0.717, 1.165) is 19.3 Å². The normalized spacial score (nSPS) is 25.1. The Labute approximate surface area is 109 Å². The fraction of sp³-hybridized carbons (Fsp3) is 0.857. The van der Waals surface area contributed by atoms with Crippen LogP contribution in [0.2, 0.25) is 0 Å². The van der Waals surface area contributed by atoms with Gasteiger partial charge in [-0.2, -0.15) is 0 Å². The lowest BCUT2D eigenvalue weighted by Crippen LogP contribution is -2.39. The summed E-state index contributed by atoms with van der Waals surface area (Å²) in [5.41, 5.74) is 0. The Balaban J connectivity index is 2.47. The molecule has 3 atom stereocenters. The van der Waals surface area contributed by atoms with Crippen molar-refractivity contribution in [1.82, 2.24) is 5.32 Å². The molecule has 0 heterocycles. The van der Waals surface area contributed by atoms with Gasteiger partial charge in [0.15, 0.2) is 0 Å². The molecule has 0 saturated heterocycles. The van der Waals surface area contributed by atoms with Gasteiger partial charge in [0.05, 0.1) is 5.92 Å². The molecule has 1 amide bonds. The molecule has 1 aliphatic rings. The molecule has 4 nitrogen and oxygen atoms in total. The molecule has 1 fully saturated rings. The first kappa shape index (κ1) is 15.0. The van der Waals surface area contributed by atoms with E-state index in [1.165, 1.54) is 0 Å². The van der Waals surface area contributed by atoms with Crippen LogP contribution in [0.15, 0.2) is 0 Å². The molecule has 1 unspecified atom stereocenters. The van der Waals surface area contributed by atoms with Crippen molar-refractivity contribution < 1.29 is 14.7 Å². The first-order chi connectivity index (χ1) is 8.45. The molecular weight excluding hydrogens is 230 g/mol. The van der Waals surface area contributed by atoms with E-state index in [1.54, 1.807) is 0 Å². The van der Waals surface area contributed by atoms with Gasteiger partial charge in [-0.1, -0.05) is 27.2 Å². The maximum atomic E-state index is 12.1. The van der Waals surface area contributed by atoms with Crippen LogP contribution in [0.5, 0.6) is 0 Å². The predicted molar refractivity (Wildman–Crippen MR) is 70.1 cm³/mol. The number of nitrogens with one attached hydrogen (secondary N) is 1. The Morgan fingerprint density at radius 2 is 2.00 bits per heavy atom. The van der Waals surface area contributed by atoms with Crippen LogP contribution < -0.4 is 5.32 Å². The van der Waals surface area contributed by atoms with E-state index in [9.17, 15) is 9.59 Å². The van der Waals surface area contributed by atoms with E-state index >= 15 is 0 Å². The quantitative estimate of drug-likeness (QED) is 0.766. The van der Waals surface area contributed by atoms with Crippen LogP contribution >= 0.6 is 0 Å². The molecule has 1 aliphatic carbocycles. The summed E-state index contributed by atoms with van der Waals surface area (Å²) in [6, 6.07) is 0.0525. The Kier molecular flexibility index (Phi) is 5.63. The number of aliphatic carboxylic acids is 1. The fourth-order valence-electron chi connectivity index (χ4n) is 2.72. The first-order valence-corrected chi connectivity index (χ1v) is 6.98. The largest absolute Gasteiger partial charge is 0.481 e. The number of carbonyl (C=O) groups excluding carboxylic acids is 1. The zero-order chi connectivity index (χ0) is 13.7. The third-order valence-corrected chi connectivity index (χ3v) is 3.87. The van der Waals surface area contributed by atoms with Crippen molar-refractivity contribution >= 4 is 11.9 Å². The van der Waals surface area contributed by atoms with Crippen molar-refractivity contribution in [3.8, 4) is 0 Å². The maximum absolute atomic E-state index is 12.1. The second-order valence-electron chi connectivity index (χ2n) is 5.69. The Morgan fingerprint density at radius 3 is 2.44 bits per heavy atom. The molecule has 0 aromatic carbocycles. The van der Waals surface area contributed by atoms with Crippen LogP contribution in [-0.4, -0.2) is 23.0 Å². The van der Waals surface area contributed by atoms with Crippen LogP contribution in [0, 0.1) is 17.8 Å². The summed E-state index contributed by atoms with van der Waals surface area (Å²) in [5, 5.41) is 12.0. The van der Waals surface area contributed by atoms with Crippen molar-refractivity contribution in [1.29, 1.82) is 0 Å². The maximum Gasteiger partial charge on any atom is 0.306 e. The minimum absolute atomic E-state index is 0.0525. The summed E-state index contributed by atoms with van der Waals surface area (Å²) >= 11 is 0. The number of hydrogen-bond donors (Lipinski definition) is 2. The molecule has 0 spiro atoms. The van der Waals surface area contributed by atoms with Gasteiger partial charge in [-0.05, 0) is 31.6 Å². The molecular formula is C14H25NO3. The van der Waals surface area contributed by atoms with Crippen molar-refractivity contribution in [2.24, 2.45) is 17.8 Å². The third kappa shape index (κ3) is 4.00. The third-order valence-electron chi connectivity index (χ3n) is 3.87. The van der Waals surface area contributed by atoms with Crippen LogP contribution in [0.3, 0.4) is 0 Å². The number of carboxylic acids is 1. The Hall–Kier alpha value is -1.06. The molecule has 0 aromatic heterocycles. The van der Waals surface area contributed by atoms with E-state index in [2.05, 4.69) is 26.1 Å².